The third kappa shape index (κ3) is 52.8. The Balaban J connectivity index is 2.97. The SMILES string of the molecule is CC(C)(C)OC(=O)CCCOCCOCCNC(=O)CN1CCN(CC(=O)CCCOCCOCCN)CCN(CC(=O)CCCOCCOCCNC(=O)OC(C)(C)C)CCN(CC(=O)NCCOCCOCCCC(=O)OC(C)(C)C)CC1. The van der Waals surface area contributed by atoms with Crippen LogP contribution in [0.15, 0.2) is 0 Å². The Hall–Kier alpha value is -4.03. The van der Waals surface area contributed by atoms with Crippen LogP contribution in [0.1, 0.15) is 114 Å². The first-order valence-electron chi connectivity index (χ1n) is 30.6. The molecule has 0 aromatic heterocycles. The van der Waals surface area contributed by atoms with Crippen molar-refractivity contribution in [2.24, 2.45) is 5.73 Å². The van der Waals surface area contributed by atoms with Crippen molar-refractivity contribution in [1.29, 1.82) is 0 Å². The second kappa shape index (κ2) is 48.9. The molecule has 0 radical (unpaired) electrons. The Labute approximate surface area is 507 Å². The minimum absolute atomic E-state index is 0.0368. The number of hydrogen-bond donors (Lipinski definition) is 4. The van der Waals surface area contributed by atoms with Gasteiger partial charge in [-0.1, -0.05) is 0 Å². The molecule has 26 heteroatoms. The number of hydrogen-bond acceptors (Lipinski definition) is 23. The van der Waals surface area contributed by atoms with E-state index < -0.39 is 22.9 Å². The highest BCUT2D eigenvalue weighted by Crippen LogP contribution is 2.11. The second-order valence-corrected chi connectivity index (χ2v) is 23.6. The third-order valence-electron chi connectivity index (χ3n) is 11.9. The van der Waals surface area contributed by atoms with Crippen LogP contribution in [0.5, 0.6) is 0 Å². The van der Waals surface area contributed by atoms with E-state index in [1.165, 1.54) is 0 Å². The van der Waals surface area contributed by atoms with E-state index in [4.69, 9.17) is 57.8 Å². The third-order valence-corrected chi connectivity index (χ3v) is 11.9. The molecule has 26 nitrogen and oxygen atoms in total. The fraction of sp³-hybridized carbons (Fsp3) is 0.881. The van der Waals surface area contributed by atoms with Gasteiger partial charge in [0, 0.05) is 131 Å². The van der Waals surface area contributed by atoms with Crippen molar-refractivity contribution in [3.63, 3.8) is 0 Å². The van der Waals surface area contributed by atoms with Crippen molar-refractivity contribution in [2.45, 2.75) is 130 Å². The molecule has 0 aromatic carbocycles. The molecule has 1 aliphatic heterocycles. The molecule has 0 bridgehead atoms. The van der Waals surface area contributed by atoms with Crippen LogP contribution in [0.3, 0.4) is 0 Å². The van der Waals surface area contributed by atoms with Crippen LogP contribution in [0, 0.1) is 0 Å². The van der Waals surface area contributed by atoms with E-state index in [-0.39, 0.29) is 101 Å². The van der Waals surface area contributed by atoms with Gasteiger partial charge in [-0.3, -0.25) is 48.4 Å². The molecule has 1 fully saturated rings. The molecule has 0 saturated carbocycles. The Bertz CT molecular complexity index is 1720. The van der Waals surface area contributed by atoms with Gasteiger partial charge in [0.25, 0.3) is 0 Å². The van der Waals surface area contributed by atoms with Crippen LogP contribution in [0.2, 0.25) is 0 Å². The predicted octanol–water partition coefficient (Wildman–Crippen LogP) is 2.00. The Kier molecular flexibility index (Phi) is 45.5. The van der Waals surface area contributed by atoms with Gasteiger partial charge in [-0.25, -0.2) is 4.79 Å². The molecule has 85 heavy (non-hydrogen) atoms. The molecule has 0 spiro atoms. The van der Waals surface area contributed by atoms with Crippen LogP contribution in [-0.2, 0) is 80.9 Å². The predicted molar refractivity (Wildman–Crippen MR) is 320 cm³/mol. The number of rotatable bonds is 47. The summed E-state index contributed by atoms with van der Waals surface area (Å²) in [5, 5.41) is 8.54. The van der Waals surface area contributed by atoms with Crippen LogP contribution >= 0.6 is 0 Å². The molecule has 5 N–H and O–H groups in total. The lowest BCUT2D eigenvalue weighted by Crippen LogP contribution is -2.50. The number of ketones is 2. The van der Waals surface area contributed by atoms with E-state index in [2.05, 4.69) is 25.8 Å². The minimum Gasteiger partial charge on any atom is -0.460 e. The molecule has 1 saturated heterocycles. The number of nitrogens with one attached hydrogen (secondary N) is 3. The zero-order valence-corrected chi connectivity index (χ0v) is 53.5. The molecule has 496 valence electrons. The fourth-order valence-electron chi connectivity index (χ4n) is 7.99. The summed E-state index contributed by atoms with van der Waals surface area (Å²) in [6.07, 6.45) is 2.79. The quantitative estimate of drug-likeness (QED) is 0.0385. The number of nitrogens with two attached hydrogens (primary N) is 1. The Morgan fingerprint density at radius 2 is 0.612 bits per heavy atom. The summed E-state index contributed by atoms with van der Waals surface area (Å²) in [5.41, 5.74) is 3.84. The molecule has 3 amide bonds. The average molecular weight is 1220 g/mol. The van der Waals surface area contributed by atoms with E-state index in [1.54, 1.807) is 20.8 Å². The molecular formula is C59H112N8O18. The summed E-state index contributed by atoms with van der Waals surface area (Å²) in [5.74, 6) is -0.844. The highest BCUT2D eigenvalue weighted by atomic mass is 16.6. The zero-order chi connectivity index (χ0) is 63.0. The molecule has 0 aliphatic carbocycles. The van der Waals surface area contributed by atoms with Gasteiger partial charge < -0.3 is 73.8 Å². The number of amides is 3. The maximum atomic E-state index is 13.6. The van der Waals surface area contributed by atoms with Gasteiger partial charge in [0.15, 0.2) is 0 Å². The molecule has 1 aliphatic rings. The molecule has 1 heterocycles. The first-order chi connectivity index (χ1) is 40.4. The summed E-state index contributed by atoms with van der Waals surface area (Å²) in [7, 11) is 0. The van der Waals surface area contributed by atoms with Crippen molar-refractivity contribution in [3.8, 4) is 0 Å². The Morgan fingerprint density at radius 3 is 0.918 bits per heavy atom. The first-order valence-corrected chi connectivity index (χ1v) is 30.6. The second-order valence-electron chi connectivity index (χ2n) is 23.6. The monoisotopic (exact) mass is 1220 g/mol. The van der Waals surface area contributed by atoms with Gasteiger partial charge in [0.2, 0.25) is 11.8 Å². The summed E-state index contributed by atoms with van der Waals surface area (Å²) in [6, 6.07) is 0. The lowest BCUT2D eigenvalue weighted by Gasteiger charge is -2.33. The van der Waals surface area contributed by atoms with Gasteiger partial charge in [-0.2, -0.15) is 0 Å². The molecular weight excluding hydrogens is 1110 g/mol. The van der Waals surface area contributed by atoms with E-state index in [0.717, 1.165) is 0 Å². The highest BCUT2D eigenvalue weighted by Gasteiger charge is 2.23. The largest absolute Gasteiger partial charge is 0.460 e. The van der Waals surface area contributed by atoms with Crippen LogP contribution in [0.4, 0.5) is 4.79 Å². The Morgan fingerprint density at radius 1 is 0.341 bits per heavy atom. The maximum Gasteiger partial charge on any atom is 0.407 e. The molecule has 0 atom stereocenters. The summed E-state index contributed by atoms with van der Waals surface area (Å²) < 4.78 is 60.7. The maximum absolute atomic E-state index is 13.6. The van der Waals surface area contributed by atoms with E-state index >= 15 is 0 Å². The van der Waals surface area contributed by atoms with Crippen molar-refractivity contribution in [2.75, 3.05) is 210 Å². The number of esters is 2. The van der Waals surface area contributed by atoms with Crippen LogP contribution in [-0.4, -0.2) is 288 Å². The van der Waals surface area contributed by atoms with Gasteiger partial charge in [0.1, 0.15) is 28.4 Å². The summed E-state index contributed by atoms with van der Waals surface area (Å²) >= 11 is 0. The van der Waals surface area contributed by atoms with Gasteiger partial charge >= 0.3 is 18.0 Å². The number of nitrogens with zero attached hydrogens (tertiary/aromatic N) is 4. The average Bonchev–Trinajstić information content (AvgIpc) is 3.44. The fourth-order valence-corrected chi connectivity index (χ4v) is 7.99. The highest BCUT2D eigenvalue weighted by molar-refractivity contribution is 5.81. The van der Waals surface area contributed by atoms with Crippen molar-refractivity contribution in [3.05, 3.63) is 0 Å². The van der Waals surface area contributed by atoms with E-state index in [0.29, 0.717) is 196 Å². The number of Topliss-reactive ketones (excluding diaryl/α,β-unsaturated/α-hetero) is 2. The molecule has 0 unspecified atom stereocenters. The van der Waals surface area contributed by atoms with Crippen LogP contribution in [0.25, 0.3) is 0 Å². The lowest BCUT2D eigenvalue weighted by molar-refractivity contribution is -0.156. The number of ether oxygens (including phenoxy) is 11. The topological polar surface area (TPSA) is 296 Å². The minimum atomic E-state index is -0.587. The number of alkyl carbamates (subject to hydrolysis) is 1. The van der Waals surface area contributed by atoms with Crippen molar-refractivity contribution >= 4 is 41.4 Å². The summed E-state index contributed by atoms with van der Waals surface area (Å²) in [4.78, 5) is 97.9. The molecule has 0 aromatic rings. The van der Waals surface area contributed by atoms with Gasteiger partial charge in [-0.15, -0.1) is 0 Å². The first kappa shape index (κ1) is 79.0. The van der Waals surface area contributed by atoms with E-state index in [9.17, 15) is 33.6 Å². The standard InChI is InChI=1S/C59H112N8O18/c1-57(2,3)83-54(72)16-12-32-77-40-43-80-35-19-61-52(70)48-66-26-24-64(46-50(68)14-10-30-75-38-42-79-34-18-60)22-23-65(47-51(69)15-11-31-76-39-45-82-37-21-63-56(74)85-59(7,8)9)25-27-67(29-28-66)49-53(71)62-20-36-81-44-41-78-33-13-17-55(73)84-58(4,5)6/h10-49,60H2,1-9H3,(H,61,70)(H,62,71)(H,63,74). The zero-order valence-electron chi connectivity index (χ0n) is 53.5. The molecule has 1 rings (SSSR count). The normalized spacial score (nSPS) is 14.7. The number of carbonyl (C=O) groups excluding carboxylic acids is 7. The van der Waals surface area contributed by atoms with Gasteiger partial charge in [-0.05, 0) is 88.0 Å². The smallest absolute Gasteiger partial charge is 0.407 e. The van der Waals surface area contributed by atoms with Crippen LogP contribution < -0.4 is 21.7 Å². The van der Waals surface area contributed by atoms with E-state index in [1.807, 2.05) is 51.3 Å². The van der Waals surface area contributed by atoms with Crippen molar-refractivity contribution < 1.29 is 85.7 Å². The summed E-state index contributed by atoms with van der Waals surface area (Å²) in [6.45, 7) is 27.5. The number of carbonyl (C=O) groups is 7. The van der Waals surface area contributed by atoms with Crippen molar-refractivity contribution in [1.82, 2.24) is 35.6 Å². The van der Waals surface area contributed by atoms with Gasteiger partial charge in [0.05, 0.1) is 105 Å². The lowest BCUT2D eigenvalue weighted by atomic mass is 10.2.